The number of β-amino-alcohol motifs (C(OH)–C–C–N with tert-alkyl or cyclic N) is 1. The minimum atomic E-state index is -0.986. The van der Waals surface area contributed by atoms with Gasteiger partial charge >= 0.3 is 0 Å². The van der Waals surface area contributed by atoms with Crippen LogP contribution in [0.25, 0.3) is 0 Å². The predicted octanol–water partition coefficient (Wildman–Crippen LogP) is 0.416. The average molecular weight is 355 g/mol. The number of amides is 2. The summed E-state index contributed by atoms with van der Waals surface area (Å²) in [6, 6.07) is 2.18. The monoisotopic (exact) mass is 355 g/mol. The standard InChI is InChI=1S/C17H23F2N3O3/c1-9(2)15(17(25)21-7-10-6-20-8-13(10)23)22-16(24)14-11(18)4-3-5-12(14)19/h3-5,9-10,13,15,20,23H,6-8H2,1-2H3,(H,21,25)(H,22,24)/t10?,13?,15-/m0/s1. The Bertz CT molecular complexity index is 619. The van der Waals surface area contributed by atoms with Gasteiger partial charge in [-0.1, -0.05) is 19.9 Å². The molecule has 1 aromatic carbocycles. The first-order valence-electron chi connectivity index (χ1n) is 8.22. The number of carbonyl (C=O) groups excluding carboxylic acids is 2. The first-order valence-corrected chi connectivity index (χ1v) is 8.22. The molecule has 2 amide bonds. The van der Waals surface area contributed by atoms with E-state index in [4.69, 9.17) is 0 Å². The largest absolute Gasteiger partial charge is 0.391 e. The lowest BCUT2D eigenvalue weighted by atomic mass is 10.0. The van der Waals surface area contributed by atoms with E-state index in [-0.39, 0.29) is 18.4 Å². The maximum atomic E-state index is 13.7. The molecular weight excluding hydrogens is 332 g/mol. The summed E-state index contributed by atoms with van der Waals surface area (Å²) < 4.78 is 27.4. The van der Waals surface area contributed by atoms with Crippen LogP contribution in [0.2, 0.25) is 0 Å². The molecule has 1 aliphatic rings. The zero-order valence-electron chi connectivity index (χ0n) is 14.2. The molecule has 4 N–H and O–H groups in total. The van der Waals surface area contributed by atoms with Crippen molar-refractivity contribution >= 4 is 11.8 Å². The molecular formula is C17H23F2N3O3. The number of aliphatic hydroxyl groups excluding tert-OH is 1. The van der Waals surface area contributed by atoms with Crippen molar-refractivity contribution in [3.05, 3.63) is 35.4 Å². The average Bonchev–Trinajstić information content (AvgIpc) is 2.95. The number of rotatable bonds is 6. The molecule has 8 heteroatoms. The Morgan fingerprint density at radius 1 is 1.28 bits per heavy atom. The van der Waals surface area contributed by atoms with Gasteiger partial charge in [0.05, 0.1) is 6.10 Å². The number of hydrogen-bond acceptors (Lipinski definition) is 4. The number of halogens is 2. The fraction of sp³-hybridized carbons (Fsp3) is 0.529. The van der Waals surface area contributed by atoms with Crippen molar-refractivity contribution in [1.82, 2.24) is 16.0 Å². The Labute approximate surface area is 145 Å². The highest BCUT2D eigenvalue weighted by atomic mass is 19.1. The highest BCUT2D eigenvalue weighted by molar-refractivity contribution is 5.98. The van der Waals surface area contributed by atoms with Gasteiger partial charge in [-0.25, -0.2) is 8.78 Å². The number of hydrogen-bond donors (Lipinski definition) is 4. The topological polar surface area (TPSA) is 90.5 Å². The van der Waals surface area contributed by atoms with Crippen LogP contribution in [0.15, 0.2) is 18.2 Å². The molecule has 2 unspecified atom stereocenters. The molecule has 0 spiro atoms. The zero-order valence-corrected chi connectivity index (χ0v) is 14.2. The number of benzene rings is 1. The van der Waals surface area contributed by atoms with E-state index in [1.54, 1.807) is 13.8 Å². The molecule has 0 aromatic heterocycles. The van der Waals surface area contributed by atoms with Crippen molar-refractivity contribution in [2.24, 2.45) is 11.8 Å². The molecule has 1 aliphatic heterocycles. The van der Waals surface area contributed by atoms with E-state index in [2.05, 4.69) is 16.0 Å². The second-order valence-corrected chi connectivity index (χ2v) is 6.52. The molecule has 0 saturated carbocycles. The van der Waals surface area contributed by atoms with Gasteiger partial charge in [0, 0.05) is 25.6 Å². The van der Waals surface area contributed by atoms with Gasteiger partial charge in [0.2, 0.25) is 5.91 Å². The van der Waals surface area contributed by atoms with Crippen LogP contribution in [0.5, 0.6) is 0 Å². The van der Waals surface area contributed by atoms with Gasteiger partial charge in [0.25, 0.3) is 5.91 Å². The van der Waals surface area contributed by atoms with E-state index in [1.807, 2.05) is 0 Å². The molecule has 3 atom stereocenters. The molecule has 1 saturated heterocycles. The fourth-order valence-electron chi connectivity index (χ4n) is 2.73. The quantitative estimate of drug-likeness (QED) is 0.595. The van der Waals surface area contributed by atoms with E-state index < -0.39 is 41.2 Å². The van der Waals surface area contributed by atoms with Crippen LogP contribution in [-0.4, -0.2) is 48.7 Å². The van der Waals surface area contributed by atoms with Crippen LogP contribution < -0.4 is 16.0 Å². The van der Waals surface area contributed by atoms with Crippen molar-refractivity contribution < 1.29 is 23.5 Å². The SMILES string of the molecule is CC(C)[C@H](NC(=O)c1c(F)cccc1F)C(=O)NCC1CNCC1O. The summed E-state index contributed by atoms with van der Waals surface area (Å²) in [4.78, 5) is 24.6. The van der Waals surface area contributed by atoms with Crippen LogP contribution in [-0.2, 0) is 4.79 Å². The lowest BCUT2D eigenvalue weighted by Crippen LogP contribution is -2.51. The summed E-state index contributed by atoms with van der Waals surface area (Å²) >= 11 is 0. The predicted molar refractivity (Wildman–Crippen MR) is 87.8 cm³/mol. The van der Waals surface area contributed by atoms with E-state index in [0.29, 0.717) is 13.1 Å². The Morgan fingerprint density at radius 3 is 2.44 bits per heavy atom. The van der Waals surface area contributed by atoms with Crippen molar-refractivity contribution in [2.75, 3.05) is 19.6 Å². The number of aliphatic hydroxyl groups is 1. The van der Waals surface area contributed by atoms with Crippen LogP contribution >= 0.6 is 0 Å². The molecule has 1 aromatic rings. The summed E-state index contributed by atoms with van der Waals surface area (Å²) in [6.07, 6.45) is -0.542. The third-order valence-electron chi connectivity index (χ3n) is 4.27. The summed E-state index contributed by atoms with van der Waals surface area (Å²) in [5.74, 6) is -3.81. The summed E-state index contributed by atoms with van der Waals surface area (Å²) in [7, 11) is 0. The smallest absolute Gasteiger partial charge is 0.257 e. The van der Waals surface area contributed by atoms with Gasteiger partial charge in [-0.2, -0.15) is 0 Å². The van der Waals surface area contributed by atoms with Gasteiger partial charge in [-0.3, -0.25) is 9.59 Å². The lowest BCUT2D eigenvalue weighted by Gasteiger charge is -2.23. The third-order valence-corrected chi connectivity index (χ3v) is 4.27. The molecule has 6 nitrogen and oxygen atoms in total. The van der Waals surface area contributed by atoms with Crippen molar-refractivity contribution in [2.45, 2.75) is 26.0 Å². The molecule has 25 heavy (non-hydrogen) atoms. The van der Waals surface area contributed by atoms with E-state index >= 15 is 0 Å². The van der Waals surface area contributed by atoms with E-state index in [0.717, 1.165) is 18.2 Å². The Kier molecular flexibility index (Phi) is 6.44. The third kappa shape index (κ3) is 4.73. The Morgan fingerprint density at radius 2 is 1.92 bits per heavy atom. The van der Waals surface area contributed by atoms with Crippen LogP contribution in [0.1, 0.15) is 24.2 Å². The van der Waals surface area contributed by atoms with Gasteiger partial charge in [0.1, 0.15) is 23.2 Å². The maximum Gasteiger partial charge on any atom is 0.257 e. The fourth-order valence-corrected chi connectivity index (χ4v) is 2.73. The first kappa shape index (κ1) is 19.3. The van der Waals surface area contributed by atoms with Crippen molar-refractivity contribution in [3.63, 3.8) is 0 Å². The van der Waals surface area contributed by atoms with Gasteiger partial charge < -0.3 is 21.1 Å². The van der Waals surface area contributed by atoms with Gasteiger partial charge in [-0.15, -0.1) is 0 Å². The molecule has 1 fully saturated rings. The molecule has 0 bridgehead atoms. The Hall–Kier alpha value is -2.06. The minimum absolute atomic E-state index is 0.114. The second kappa shape index (κ2) is 8.35. The highest BCUT2D eigenvalue weighted by Gasteiger charge is 2.29. The molecule has 138 valence electrons. The molecule has 0 aliphatic carbocycles. The normalized spacial score (nSPS) is 21.2. The van der Waals surface area contributed by atoms with Gasteiger partial charge in [-0.05, 0) is 18.1 Å². The molecule has 0 radical (unpaired) electrons. The highest BCUT2D eigenvalue weighted by Crippen LogP contribution is 2.13. The van der Waals surface area contributed by atoms with Crippen LogP contribution in [0.3, 0.4) is 0 Å². The van der Waals surface area contributed by atoms with E-state index in [9.17, 15) is 23.5 Å². The summed E-state index contributed by atoms with van der Waals surface area (Å²) in [5.41, 5.74) is -0.712. The first-order chi connectivity index (χ1) is 11.8. The second-order valence-electron chi connectivity index (χ2n) is 6.52. The maximum absolute atomic E-state index is 13.7. The summed E-state index contributed by atoms with van der Waals surface area (Å²) in [5, 5.41) is 17.8. The minimum Gasteiger partial charge on any atom is -0.391 e. The number of nitrogens with one attached hydrogen (secondary N) is 3. The zero-order chi connectivity index (χ0) is 18.6. The molecule has 1 heterocycles. The van der Waals surface area contributed by atoms with Gasteiger partial charge in [0.15, 0.2) is 0 Å². The van der Waals surface area contributed by atoms with Crippen molar-refractivity contribution in [1.29, 1.82) is 0 Å². The molecule has 2 rings (SSSR count). The van der Waals surface area contributed by atoms with Crippen molar-refractivity contribution in [3.8, 4) is 0 Å². The van der Waals surface area contributed by atoms with Crippen LogP contribution in [0, 0.1) is 23.5 Å². The lowest BCUT2D eigenvalue weighted by molar-refractivity contribution is -0.124. The Balaban J connectivity index is 2.02. The number of carbonyl (C=O) groups is 2. The summed E-state index contributed by atoms with van der Waals surface area (Å²) in [6.45, 7) is 4.74. The van der Waals surface area contributed by atoms with E-state index in [1.165, 1.54) is 0 Å². The van der Waals surface area contributed by atoms with Crippen LogP contribution in [0.4, 0.5) is 8.78 Å².